The van der Waals surface area contributed by atoms with Gasteiger partial charge in [-0.2, -0.15) is 0 Å². The van der Waals surface area contributed by atoms with E-state index in [2.05, 4.69) is 56.7 Å². The molecule has 0 radical (unpaired) electrons. The van der Waals surface area contributed by atoms with Crippen molar-refractivity contribution in [2.24, 2.45) is 4.99 Å². The van der Waals surface area contributed by atoms with Gasteiger partial charge < -0.3 is 15.2 Å². The Morgan fingerprint density at radius 2 is 1.60 bits per heavy atom. The monoisotopic (exact) mass is 540 g/mol. The number of guanidine groups is 1. The van der Waals surface area contributed by atoms with E-state index in [0.717, 1.165) is 19.5 Å². The molecule has 0 saturated carbocycles. The molecule has 0 fully saturated rings. The Hall–Kier alpha value is -2.07. The van der Waals surface area contributed by atoms with Crippen molar-refractivity contribution in [3.05, 3.63) is 66.9 Å². The first kappa shape index (κ1) is 24.2. The summed E-state index contributed by atoms with van der Waals surface area (Å²) in [5.74, 6) is 0.807. The van der Waals surface area contributed by atoms with Gasteiger partial charge in [-0.05, 0) is 42.5 Å². The van der Waals surface area contributed by atoms with Crippen LogP contribution in [0.15, 0.2) is 76.7 Å². The molecule has 162 valence electrons. The summed E-state index contributed by atoms with van der Waals surface area (Å²) in [6, 6.07) is 19.1. The predicted molar refractivity (Wildman–Crippen MR) is 134 cm³/mol. The topological polar surface area (TPSA) is 75.5 Å². The van der Waals surface area contributed by atoms with Gasteiger partial charge in [0.1, 0.15) is 0 Å². The second-order valence-corrected chi connectivity index (χ2v) is 8.94. The fourth-order valence-corrected chi connectivity index (χ4v) is 4.56. The van der Waals surface area contributed by atoms with Crippen LogP contribution in [0.2, 0.25) is 0 Å². The molecule has 30 heavy (non-hydrogen) atoms. The van der Waals surface area contributed by atoms with Gasteiger partial charge in [0.15, 0.2) is 15.8 Å². The summed E-state index contributed by atoms with van der Waals surface area (Å²) in [5, 5.41) is 7.72. The van der Waals surface area contributed by atoms with Gasteiger partial charge in [-0.3, -0.25) is 4.99 Å². The second kappa shape index (κ2) is 11.9. The normalized spacial score (nSPS) is 11.8. The molecule has 0 saturated heterocycles. The Kier molecular flexibility index (Phi) is 9.64. The van der Waals surface area contributed by atoms with Crippen molar-refractivity contribution in [2.45, 2.75) is 24.3 Å². The number of aromatic nitrogens is 1. The third-order valence-electron chi connectivity index (χ3n) is 4.76. The van der Waals surface area contributed by atoms with E-state index >= 15 is 0 Å². The van der Waals surface area contributed by atoms with Gasteiger partial charge in [-0.25, -0.2) is 8.42 Å². The van der Waals surface area contributed by atoms with Crippen LogP contribution in [-0.4, -0.2) is 44.8 Å². The molecule has 8 heteroatoms. The van der Waals surface area contributed by atoms with Crippen LogP contribution in [0.1, 0.15) is 12.8 Å². The smallest absolute Gasteiger partial charge is 0.190 e. The van der Waals surface area contributed by atoms with E-state index in [-0.39, 0.29) is 29.7 Å². The zero-order valence-corrected chi connectivity index (χ0v) is 20.3. The summed E-state index contributed by atoms with van der Waals surface area (Å²) in [6.45, 7) is 2.26. The van der Waals surface area contributed by atoms with E-state index in [4.69, 9.17) is 0 Å². The minimum absolute atomic E-state index is 0. The highest BCUT2D eigenvalue weighted by atomic mass is 127. The minimum atomic E-state index is -3.23. The van der Waals surface area contributed by atoms with E-state index in [0.29, 0.717) is 23.8 Å². The Labute approximate surface area is 195 Å². The molecule has 0 amide bonds. The minimum Gasteiger partial charge on any atom is -0.356 e. The SMILES string of the molecule is CN=C(NCCCn1ccc2ccccc21)NCCCS(=O)(=O)c1ccccc1.I. The number of nitrogens with one attached hydrogen (secondary N) is 2. The lowest BCUT2D eigenvalue weighted by molar-refractivity contribution is 0.592. The van der Waals surface area contributed by atoms with Crippen LogP contribution >= 0.6 is 24.0 Å². The van der Waals surface area contributed by atoms with Crippen molar-refractivity contribution < 1.29 is 8.42 Å². The number of aryl methyl sites for hydroxylation is 1. The van der Waals surface area contributed by atoms with Crippen molar-refractivity contribution in [1.29, 1.82) is 0 Å². The predicted octanol–water partition coefficient (Wildman–Crippen LogP) is 3.68. The molecule has 3 rings (SSSR count). The molecule has 2 N–H and O–H groups in total. The number of rotatable bonds is 9. The second-order valence-electron chi connectivity index (χ2n) is 6.83. The van der Waals surface area contributed by atoms with Crippen LogP contribution < -0.4 is 10.6 Å². The van der Waals surface area contributed by atoms with Crippen molar-refractivity contribution in [2.75, 3.05) is 25.9 Å². The zero-order chi connectivity index (χ0) is 20.5. The average Bonchev–Trinajstić information content (AvgIpc) is 3.16. The number of benzene rings is 2. The lowest BCUT2D eigenvalue weighted by atomic mass is 10.2. The molecule has 0 aliphatic rings. The summed E-state index contributed by atoms with van der Waals surface area (Å²) in [7, 11) is -1.51. The third-order valence-corrected chi connectivity index (χ3v) is 6.57. The Balaban J connectivity index is 0.00000320. The zero-order valence-electron chi connectivity index (χ0n) is 17.1. The number of nitrogens with zero attached hydrogens (tertiary/aromatic N) is 2. The molecule has 0 bridgehead atoms. The first-order valence-corrected chi connectivity index (χ1v) is 11.5. The maximum Gasteiger partial charge on any atom is 0.190 e. The van der Waals surface area contributed by atoms with Crippen LogP contribution in [0.3, 0.4) is 0 Å². The summed E-state index contributed by atoms with van der Waals surface area (Å²) in [5.41, 5.74) is 1.25. The van der Waals surface area contributed by atoms with Gasteiger partial charge in [0.2, 0.25) is 0 Å². The number of hydrogen-bond donors (Lipinski definition) is 2. The van der Waals surface area contributed by atoms with Crippen molar-refractivity contribution in [3.63, 3.8) is 0 Å². The number of sulfone groups is 1. The molecule has 3 aromatic rings. The molecule has 0 atom stereocenters. The highest BCUT2D eigenvalue weighted by Crippen LogP contribution is 2.15. The highest BCUT2D eigenvalue weighted by molar-refractivity contribution is 14.0. The molecule has 6 nitrogen and oxygen atoms in total. The van der Waals surface area contributed by atoms with Gasteiger partial charge in [0.25, 0.3) is 0 Å². The van der Waals surface area contributed by atoms with E-state index < -0.39 is 9.84 Å². The number of hydrogen-bond acceptors (Lipinski definition) is 3. The van der Waals surface area contributed by atoms with Gasteiger partial charge in [0.05, 0.1) is 10.6 Å². The number of halogens is 1. The van der Waals surface area contributed by atoms with E-state index in [1.807, 2.05) is 6.07 Å². The molecular formula is C22H29IN4O2S. The molecule has 0 aliphatic carbocycles. The van der Waals surface area contributed by atoms with Gasteiger partial charge >= 0.3 is 0 Å². The molecule has 0 aliphatic heterocycles. The molecule has 1 heterocycles. The van der Waals surface area contributed by atoms with E-state index in [1.54, 1.807) is 31.3 Å². The highest BCUT2D eigenvalue weighted by Gasteiger charge is 2.13. The molecule has 0 spiro atoms. The number of fused-ring (bicyclic) bond motifs is 1. The standard InChI is InChI=1S/C22H28N4O2S.HI/c1-23-22(25-15-8-18-29(27,28)20-10-3-2-4-11-20)24-14-7-16-26-17-13-19-9-5-6-12-21(19)26;/h2-6,9-13,17H,7-8,14-16,18H2,1H3,(H2,23,24,25);1H. The fraction of sp³-hybridized carbons (Fsp3) is 0.318. The summed E-state index contributed by atoms with van der Waals surface area (Å²) >= 11 is 0. The van der Waals surface area contributed by atoms with Crippen LogP contribution in [0.4, 0.5) is 0 Å². The molecular weight excluding hydrogens is 511 g/mol. The van der Waals surface area contributed by atoms with Gasteiger partial charge in [-0.15, -0.1) is 24.0 Å². The lowest BCUT2D eigenvalue weighted by Gasteiger charge is -2.12. The first-order valence-electron chi connectivity index (χ1n) is 9.86. The van der Waals surface area contributed by atoms with E-state index in [9.17, 15) is 8.42 Å². The van der Waals surface area contributed by atoms with Crippen molar-refractivity contribution in [3.8, 4) is 0 Å². The van der Waals surface area contributed by atoms with Gasteiger partial charge in [0, 0.05) is 38.4 Å². The maximum atomic E-state index is 12.3. The molecule has 2 aromatic carbocycles. The summed E-state index contributed by atoms with van der Waals surface area (Å²) in [4.78, 5) is 4.58. The first-order chi connectivity index (χ1) is 14.1. The van der Waals surface area contributed by atoms with Crippen LogP contribution in [0.25, 0.3) is 10.9 Å². The quantitative estimate of drug-likeness (QED) is 0.188. The Bertz CT molecular complexity index is 1050. The maximum absolute atomic E-state index is 12.3. The van der Waals surface area contributed by atoms with Crippen LogP contribution in [0, 0.1) is 0 Å². The van der Waals surface area contributed by atoms with Gasteiger partial charge in [-0.1, -0.05) is 36.4 Å². The lowest BCUT2D eigenvalue weighted by Crippen LogP contribution is -2.38. The third kappa shape index (κ3) is 6.73. The van der Waals surface area contributed by atoms with Crippen LogP contribution in [0.5, 0.6) is 0 Å². The molecule has 1 aromatic heterocycles. The number of para-hydroxylation sites is 1. The Morgan fingerprint density at radius 3 is 2.33 bits per heavy atom. The van der Waals surface area contributed by atoms with E-state index in [1.165, 1.54) is 10.9 Å². The number of aliphatic imine (C=N–C) groups is 1. The average molecular weight is 540 g/mol. The van der Waals surface area contributed by atoms with Crippen molar-refractivity contribution in [1.82, 2.24) is 15.2 Å². The fourth-order valence-electron chi connectivity index (χ4n) is 3.23. The van der Waals surface area contributed by atoms with Crippen LogP contribution in [-0.2, 0) is 16.4 Å². The summed E-state index contributed by atoms with van der Waals surface area (Å²) in [6.07, 6.45) is 3.60. The summed E-state index contributed by atoms with van der Waals surface area (Å²) < 4.78 is 26.8. The largest absolute Gasteiger partial charge is 0.356 e. The van der Waals surface area contributed by atoms with Crippen molar-refractivity contribution >= 4 is 50.7 Å². The molecule has 0 unspecified atom stereocenters. The Morgan fingerprint density at radius 1 is 0.933 bits per heavy atom.